The van der Waals surface area contributed by atoms with E-state index in [1.807, 2.05) is 24.3 Å². The maximum absolute atomic E-state index is 8.86. The van der Waals surface area contributed by atoms with Crippen LogP contribution in [-0.4, -0.2) is 31.6 Å². The number of H-pyrrole nitrogens is 1. The van der Waals surface area contributed by atoms with Crippen LogP contribution in [0, 0.1) is 0 Å². The molecule has 3 aromatic rings. The summed E-state index contributed by atoms with van der Waals surface area (Å²) in [7, 11) is 0. The fraction of sp³-hybridized carbons (Fsp3) is 0.154. The number of aromatic amines is 1. The molecule has 0 saturated heterocycles. The molecule has 1 aromatic carbocycles. The van der Waals surface area contributed by atoms with Gasteiger partial charge in [0.05, 0.1) is 6.33 Å². The van der Waals surface area contributed by atoms with Crippen LogP contribution < -0.4 is 4.74 Å². The quantitative estimate of drug-likeness (QED) is 0.742. The van der Waals surface area contributed by atoms with E-state index in [2.05, 4.69) is 19.9 Å². The summed E-state index contributed by atoms with van der Waals surface area (Å²) in [5.74, 6) is 1.12. The van der Waals surface area contributed by atoms with Gasteiger partial charge in [-0.1, -0.05) is 12.1 Å². The molecule has 0 aliphatic rings. The van der Waals surface area contributed by atoms with Crippen molar-refractivity contribution in [2.45, 2.75) is 6.42 Å². The van der Waals surface area contributed by atoms with Crippen LogP contribution in [0.15, 0.2) is 36.9 Å². The highest BCUT2D eigenvalue weighted by molar-refractivity contribution is 5.75. The van der Waals surface area contributed by atoms with E-state index in [9.17, 15) is 0 Å². The molecule has 0 amide bonds. The minimum atomic E-state index is 0.140. The Hall–Kier alpha value is -2.47. The first-order chi connectivity index (χ1) is 9.36. The molecular formula is C13H12N4O2. The Morgan fingerprint density at radius 3 is 2.74 bits per heavy atom. The largest absolute Gasteiger partial charge is 0.437 e. The summed E-state index contributed by atoms with van der Waals surface area (Å²) in [5, 5.41) is 8.86. The number of rotatable bonds is 4. The van der Waals surface area contributed by atoms with E-state index in [-0.39, 0.29) is 6.61 Å². The zero-order valence-electron chi connectivity index (χ0n) is 10.1. The van der Waals surface area contributed by atoms with Crippen molar-refractivity contribution >= 4 is 11.2 Å². The first-order valence-electron chi connectivity index (χ1n) is 5.88. The number of aliphatic hydroxyl groups excluding tert-OH is 1. The number of fused-ring (bicyclic) bond motifs is 1. The summed E-state index contributed by atoms with van der Waals surface area (Å²) in [4.78, 5) is 15.1. The standard InChI is InChI=1S/C13H12N4O2/c18-6-5-9-1-3-10(4-2-9)19-13-11-12(15-7-14-11)16-8-17-13/h1-4,7-8,18H,5-6H2,(H,14,15,16,17). The van der Waals surface area contributed by atoms with E-state index >= 15 is 0 Å². The lowest BCUT2D eigenvalue weighted by atomic mass is 10.1. The summed E-state index contributed by atoms with van der Waals surface area (Å²) in [6.07, 6.45) is 3.60. The van der Waals surface area contributed by atoms with E-state index in [0.29, 0.717) is 29.2 Å². The Morgan fingerprint density at radius 1 is 1.11 bits per heavy atom. The van der Waals surface area contributed by atoms with Gasteiger partial charge in [-0.05, 0) is 24.1 Å². The molecule has 96 valence electrons. The van der Waals surface area contributed by atoms with Gasteiger partial charge in [0.1, 0.15) is 17.6 Å². The van der Waals surface area contributed by atoms with E-state index in [4.69, 9.17) is 9.84 Å². The van der Waals surface area contributed by atoms with Gasteiger partial charge < -0.3 is 14.8 Å². The number of nitrogens with one attached hydrogen (secondary N) is 1. The summed E-state index contributed by atoms with van der Waals surface area (Å²) >= 11 is 0. The Balaban J connectivity index is 1.86. The first-order valence-corrected chi connectivity index (χ1v) is 5.88. The minimum absolute atomic E-state index is 0.140. The Kier molecular flexibility index (Phi) is 3.07. The van der Waals surface area contributed by atoms with Gasteiger partial charge >= 0.3 is 0 Å². The molecule has 0 fully saturated rings. The smallest absolute Gasteiger partial charge is 0.248 e. The molecule has 0 radical (unpaired) electrons. The van der Waals surface area contributed by atoms with Crippen LogP contribution in [0.3, 0.4) is 0 Å². The van der Waals surface area contributed by atoms with Crippen molar-refractivity contribution in [3.8, 4) is 11.6 Å². The molecule has 0 unspecified atom stereocenters. The third kappa shape index (κ3) is 2.38. The van der Waals surface area contributed by atoms with Crippen LogP contribution in [-0.2, 0) is 6.42 Å². The average molecular weight is 256 g/mol. The van der Waals surface area contributed by atoms with Crippen LogP contribution in [0.4, 0.5) is 0 Å². The Morgan fingerprint density at radius 2 is 1.95 bits per heavy atom. The highest BCUT2D eigenvalue weighted by Crippen LogP contribution is 2.24. The number of benzene rings is 1. The second-order valence-corrected chi connectivity index (χ2v) is 4.00. The second-order valence-electron chi connectivity index (χ2n) is 4.00. The van der Waals surface area contributed by atoms with Gasteiger partial charge in [-0.3, -0.25) is 0 Å². The molecule has 19 heavy (non-hydrogen) atoms. The topological polar surface area (TPSA) is 83.9 Å². The fourth-order valence-corrected chi connectivity index (χ4v) is 1.79. The number of aromatic nitrogens is 4. The SMILES string of the molecule is OCCc1ccc(Oc2ncnc3nc[nH]c23)cc1. The van der Waals surface area contributed by atoms with Crippen molar-refractivity contribution in [2.24, 2.45) is 0 Å². The predicted octanol–water partition coefficient (Wildman–Crippen LogP) is 1.68. The summed E-state index contributed by atoms with van der Waals surface area (Å²) in [6.45, 7) is 0.140. The lowest BCUT2D eigenvalue weighted by Crippen LogP contribution is -1.93. The van der Waals surface area contributed by atoms with Gasteiger partial charge in [0.15, 0.2) is 5.65 Å². The Labute approximate surface area is 109 Å². The van der Waals surface area contributed by atoms with E-state index in [0.717, 1.165) is 5.56 Å². The van der Waals surface area contributed by atoms with Gasteiger partial charge in [-0.2, -0.15) is 4.98 Å². The van der Waals surface area contributed by atoms with Crippen molar-refractivity contribution in [1.29, 1.82) is 0 Å². The van der Waals surface area contributed by atoms with Gasteiger partial charge in [0.25, 0.3) is 0 Å². The van der Waals surface area contributed by atoms with E-state index in [1.165, 1.54) is 6.33 Å². The fourth-order valence-electron chi connectivity index (χ4n) is 1.79. The molecule has 2 aromatic heterocycles. The van der Waals surface area contributed by atoms with Crippen LogP contribution in [0.25, 0.3) is 11.2 Å². The van der Waals surface area contributed by atoms with Gasteiger partial charge in [0, 0.05) is 6.61 Å². The molecule has 6 heteroatoms. The number of hydrogen-bond acceptors (Lipinski definition) is 5. The average Bonchev–Trinajstić information content (AvgIpc) is 2.91. The van der Waals surface area contributed by atoms with Crippen LogP contribution in [0.1, 0.15) is 5.56 Å². The van der Waals surface area contributed by atoms with Crippen LogP contribution in [0.5, 0.6) is 11.6 Å². The van der Waals surface area contributed by atoms with Crippen molar-refractivity contribution in [1.82, 2.24) is 19.9 Å². The van der Waals surface area contributed by atoms with Gasteiger partial charge in [-0.15, -0.1) is 0 Å². The highest BCUT2D eigenvalue weighted by Gasteiger charge is 2.07. The molecule has 0 spiro atoms. The molecule has 0 aliphatic carbocycles. The maximum atomic E-state index is 8.86. The molecule has 3 rings (SSSR count). The van der Waals surface area contributed by atoms with E-state index in [1.54, 1.807) is 6.33 Å². The molecule has 0 saturated carbocycles. The molecule has 2 heterocycles. The highest BCUT2D eigenvalue weighted by atomic mass is 16.5. The van der Waals surface area contributed by atoms with Crippen molar-refractivity contribution < 1.29 is 9.84 Å². The monoisotopic (exact) mass is 256 g/mol. The minimum Gasteiger partial charge on any atom is -0.437 e. The number of ether oxygens (including phenoxy) is 1. The molecular weight excluding hydrogens is 244 g/mol. The first kappa shape index (κ1) is 11.6. The predicted molar refractivity (Wildman–Crippen MR) is 69.0 cm³/mol. The zero-order chi connectivity index (χ0) is 13.1. The van der Waals surface area contributed by atoms with Crippen molar-refractivity contribution in [3.05, 3.63) is 42.5 Å². The number of imidazole rings is 1. The summed E-state index contributed by atoms with van der Waals surface area (Å²) in [6, 6.07) is 7.51. The number of nitrogens with zero attached hydrogens (tertiary/aromatic N) is 3. The molecule has 0 atom stereocenters. The third-order valence-corrected chi connectivity index (χ3v) is 2.73. The number of aliphatic hydroxyl groups is 1. The number of hydrogen-bond donors (Lipinski definition) is 2. The summed E-state index contributed by atoms with van der Waals surface area (Å²) < 4.78 is 5.70. The second kappa shape index (κ2) is 5.03. The molecule has 0 bridgehead atoms. The Bertz CT molecular complexity index is 678. The third-order valence-electron chi connectivity index (χ3n) is 2.73. The summed E-state index contributed by atoms with van der Waals surface area (Å²) in [5.41, 5.74) is 2.30. The van der Waals surface area contributed by atoms with Crippen molar-refractivity contribution in [2.75, 3.05) is 6.61 Å². The van der Waals surface area contributed by atoms with Crippen LogP contribution in [0.2, 0.25) is 0 Å². The van der Waals surface area contributed by atoms with Crippen LogP contribution >= 0.6 is 0 Å². The molecule has 0 aliphatic heterocycles. The molecule has 6 nitrogen and oxygen atoms in total. The lowest BCUT2D eigenvalue weighted by Gasteiger charge is -2.05. The van der Waals surface area contributed by atoms with Crippen molar-refractivity contribution in [3.63, 3.8) is 0 Å². The normalized spacial score (nSPS) is 10.8. The molecule has 2 N–H and O–H groups in total. The van der Waals surface area contributed by atoms with E-state index < -0.39 is 0 Å². The van der Waals surface area contributed by atoms with Gasteiger partial charge in [0.2, 0.25) is 5.88 Å². The zero-order valence-corrected chi connectivity index (χ0v) is 10.1. The lowest BCUT2D eigenvalue weighted by molar-refractivity contribution is 0.299. The maximum Gasteiger partial charge on any atom is 0.248 e. The van der Waals surface area contributed by atoms with Gasteiger partial charge in [-0.25, -0.2) is 9.97 Å².